The number of carboxylic acids is 1. The van der Waals surface area contributed by atoms with Crippen LogP contribution in [0.1, 0.15) is 126 Å². The summed E-state index contributed by atoms with van der Waals surface area (Å²) >= 11 is 0. The Morgan fingerprint density at radius 3 is 2.00 bits per heavy atom. The van der Waals surface area contributed by atoms with Crippen LogP contribution in [0.3, 0.4) is 0 Å². The lowest BCUT2D eigenvalue weighted by Crippen LogP contribution is -2.24. The van der Waals surface area contributed by atoms with Crippen molar-refractivity contribution in [3.05, 3.63) is 29.3 Å². The fraction of sp³-hybridized carbons (Fsp3) is 0.741. The molecule has 0 saturated carbocycles. The van der Waals surface area contributed by atoms with Gasteiger partial charge in [-0.1, -0.05) is 104 Å². The fourth-order valence-electron chi connectivity index (χ4n) is 4.73. The van der Waals surface area contributed by atoms with E-state index in [1.807, 2.05) is 12.1 Å². The molecule has 2 unspecified atom stereocenters. The number of aromatic carboxylic acids is 1. The van der Waals surface area contributed by atoms with E-state index in [1.54, 1.807) is 6.07 Å². The lowest BCUT2D eigenvalue weighted by molar-refractivity contribution is 0.0697. The maximum atomic E-state index is 11.2. The van der Waals surface area contributed by atoms with Crippen molar-refractivity contribution in [2.24, 2.45) is 5.92 Å². The fourth-order valence-corrected chi connectivity index (χ4v) is 4.73. The molecule has 1 aromatic carbocycles. The average molecular weight is 416 g/mol. The molecule has 0 saturated heterocycles. The minimum atomic E-state index is -0.836. The van der Waals surface area contributed by atoms with Crippen LogP contribution in [0.5, 0.6) is 0 Å². The van der Waals surface area contributed by atoms with Crippen molar-refractivity contribution in [2.75, 3.05) is 5.32 Å². The molecule has 3 nitrogen and oxygen atoms in total. The molecule has 0 spiro atoms. The second-order valence-corrected chi connectivity index (χ2v) is 9.49. The summed E-state index contributed by atoms with van der Waals surface area (Å²) in [5, 5.41) is 12.8. The summed E-state index contributed by atoms with van der Waals surface area (Å²) in [6.45, 7) is 4.62. The highest BCUT2D eigenvalue weighted by atomic mass is 16.4. The van der Waals surface area contributed by atoms with Gasteiger partial charge in [-0.05, 0) is 42.5 Å². The van der Waals surface area contributed by atoms with Crippen molar-refractivity contribution < 1.29 is 9.90 Å². The molecule has 0 aliphatic carbocycles. The zero-order valence-electron chi connectivity index (χ0n) is 19.6. The Hall–Kier alpha value is -1.51. The average Bonchev–Trinajstić information content (AvgIpc) is 3.17. The maximum Gasteiger partial charge on any atom is 0.335 e. The Morgan fingerprint density at radius 2 is 1.47 bits per heavy atom. The summed E-state index contributed by atoms with van der Waals surface area (Å²) in [5.41, 5.74) is 2.68. The minimum absolute atomic E-state index is 0.399. The normalized spacial score (nSPS) is 16.3. The molecule has 170 valence electrons. The summed E-state index contributed by atoms with van der Waals surface area (Å²) in [6.07, 6.45) is 21.9. The van der Waals surface area contributed by atoms with Crippen molar-refractivity contribution in [2.45, 2.75) is 123 Å². The lowest BCUT2D eigenvalue weighted by atomic mass is 9.92. The third-order valence-electron chi connectivity index (χ3n) is 6.83. The molecular formula is C27H45NO2. The first-order valence-electron chi connectivity index (χ1n) is 12.7. The smallest absolute Gasteiger partial charge is 0.335 e. The predicted molar refractivity (Wildman–Crippen MR) is 129 cm³/mol. The highest BCUT2D eigenvalue weighted by Crippen LogP contribution is 2.31. The zero-order chi connectivity index (χ0) is 21.6. The zero-order valence-corrected chi connectivity index (χ0v) is 19.6. The molecule has 0 radical (unpaired) electrons. The van der Waals surface area contributed by atoms with Gasteiger partial charge in [0.25, 0.3) is 0 Å². The summed E-state index contributed by atoms with van der Waals surface area (Å²) in [5.74, 6) is -0.209. The third-order valence-corrected chi connectivity index (χ3v) is 6.83. The summed E-state index contributed by atoms with van der Waals surface area (Å²) in [7, 11) is 0. The predicted octanol–water partition coefficient (Wildman–Crippen LogP) is 8.23. The molecule has 1 aliphatic heterocycles. The minimum Gasteiger partial charge on any atom is -0.478 e. The Kier molecular flexibility index (Phi) is 12.0. The van der Waals surface area contributed by atoms with Crippen LogP contribution >= 0.6 is 0 Å². The lowest BCUT2D eigenvalue weighted by Gasteiger charge is -2.20. The van der Waals surface area contributed by atoms with Gasteiger partial charge in [0.2, 0.25) is 0 Å². The molecule has 2 atom stereocenters. The Balaban J connectivity index is 1.44. The highest BCUT2D eigenvalue weighted by Gasteiger charge is 2.25. The molecule has 3 heteroatoms. The van der Waals surface area contributed by atoms with E-state index in [9.17, 15) is 4.79 Å². The van der Waals surface area contributed by atoms with Crippen LogP contribution in [0, 0.1) is 5.92 Å². The summed E-state index contributed by atoms with van der Waals surface area (Å²) < 4.78 is 0. The Morgan fingerprint density at radius 1 is 0.933 bits per heavy atom. The molecule has 1 aromatic rings. The van der Waals surface area contributed by atoms with Gasteiger partial charge in [-0.25, -0.2) is 4.79 Å². The van der Waals surface area contributed by atoms with Gasteiger partial charge in [0.05, 0.1) is 5.56 Å². The first-order valence-corrected chi connectivity index (χ1v) is 12.7. The van der Waals surface area contributed by atoms with Gasteiger partial charge in [-0.15, -0.1) is 0 Å². The van der Waals surface area contributed by atoms with Crippen LogP contribution in [-0.2, 0) is 6.42 Å². The summed E-state index contributed by atoms with van der Waals surface area (Å²) in [4.78, 5) is 11.2. The number of nitrogens with one attached hydrogen (secondary N) is 1. The van der Waals surface area contributed by atoms with E-state index in [1.165, 1.54) is 96.3 Å². The monoisotopic (exact) mass is 415 g/mol. The standard InChI is InChI=1S/C27H45NO2/c1-3-4-5-6-7-8-9-10-11-12-13-14-15-16-17-22(2)26-21-24-20-23(27(29)30)18-19-25(24)28-26/h18-20,22,26,28H,3-17,21H2,1-2H3,(H,29,30). The Labute approximate surface area is 185 Å². The van der Waals surface area contributed by atoms with Crippen molar-refractivity contribution in [3.8, 4) is 0 Å². The van der Waals surface area contributed by atoms with Gasteiger partial charge in [0, 0.05) is 11.7 Å². The van der Waals surface area contributed by atoms with Crippen molar-refractivity contribution >= 4 is 11.7 Å². The van der Waals surface area contributed by atoms with Gasteiger partial charge in [-0.2, -0.15) is 0 Å². The number of carboxylic acid groups (broad SMARTS) is 1. The van der Waals surface area contributed by atoms with Gasteiger partial charge in [-0.3, -0.25) is 0 Å². The number of fused-ring (bicyclic) bond motifs is 1. The highest BCUT2D eigenvalue weighted by molar-refractivity contribution is 5.88. The van der Waals surface area contributed by atoms with E-state index in [0.717, 1.165) is 17.7 Å². The quantitative estimate of drug-likeness (QED) is 0.252. The number of anilines is 1. The third kappa shape index (κ3) is 9.10. The molecule has 0 amide bonds. The molecule has 0 aromatic heterocycles. The summed E-state index contributed by atoms with van der Waals surface area (Å²) in [6, 6.07) is 5.92. The molecule has 1 heterocycles. The van der Waals surface area contributed by atoms with Crippen LogP contribution in [0.15, 0.2) is 18.2 Å². The van der Waals surface area contributed by atoms with Crippen molar-refractivity contribution in [1.82, 2.24) is 0 Å². The second kappa shape index (κ2) is 14.5. The van der Waals surface area contributed by atoms with Crippen LogP contribution < -0.4 is 5.32 Å². The van der Waals surface area contributed by atoms with Gasteiger partial charge < -0.3 is 10.4 Å². The first-order chi connectivity index (χ1) is 14.6. The van der Waals surface area contributed by atoms with Crippen molar-refractivity contribution in [1.29, 1.82) is 0 Å². The van der Waals surface area contributed by atoms with Crippen molar-refractivity contribution in [3.63, 3.8) is 0 Å². The van der Waals surface area contributed by atoms with E-state index in [0.29, 0.717) is 17.5 Å². The molecule has 30 heavy (non-hydrogen) atoms. The van der Waals surface area contributed by atoms with E-state index in [2.05, 4.69) is 19.2 Å². The molecule has 0 fully saturated rings. The van der Waals surface area contributed by atoms with E-state index < -0.39 is 5.97 Å². The van der Waals surface area contributed by atoms with E-state index in [4.69, 9.17) is 5.11 Å². The molecule has 2 rings (SSSR count). The first kappa shape index (κ1) is 24.8. The molecule has 2 N–H and O–H groups in total. The second-order valence-electron chi connectivity index (χ2n) is 9.49. The maximum absolute atomic E-state index is 11.2. The number of carbonyl (C=O) groups is 1. The van der Waals surface area contributed by atoms with Gasteiger partial charge in [0.15, 0.2) is 0 Å². The van der Waals surface area contributed by atoms with Gasteiger partial charge in [0.1, 0.15) is 0 Å². The number of unbranched alkanes of at least 4 members (excludes halogenated alkanes) is 13. The van der Waals surface area contributed by atoms with Crippen LogP contribution in [-0.4, -0.2) is 17.1 Å². The van der Waals surface area contributed by atoms with Crippen LogP contribution in [0.2, 0.25) is 0 Å². The number of hydrogen-bond donors (Lipinski definition) is 2. The molecule has 1 aliphatic rings. The topological polar surface area (TPSA) is 49.3 Å². The number of hydrogen-bond acceptors (Lipinski definition) is 2. The Bertz CT molecular complexity index is 613. The SMILES string of the molecule is CCCCCCCCCCCCCCCCC(C)C1Cc2cc(C(=O)O)ccc2N1. The number of rotatable bonds is 17. The molecular weight excluding hydrogens is 370 g/mol. The van der Waals surface area contributed by atoms with E-state index >= 15 is 0 Å². The molecule has 0 bridgehead atoms. The van der Waals surface area contributed by atoms with Crippen LogP contribution in [0.4, 0.5) is 5.69 Å². The van der Waals surface area contributed by atoms with E-state index in [-0.39, 0.29) is 0 Å². The number of benzene rings is 1. The largest absolute Gasteiger partial charge is 0.478 e. The van der Waals surface area contributed by atoms with Crippen LogP contribution in [0.25, 0.3) is 0 Å². The van der Waals surface area contributed by atoms with Gasteiger partial charge >= 0.3 is 5.97 Å².